The number of anilines is 1. The van der Waals surface area contributed by atoms with E-state index in [-0.39, 0.29) is 12.3 Å². The SMILES string of the molecule is Cc1cc(NC(=O)Cc2nc(-c3ccccc3)oc2C)ccc1-n1cnnn1. The molecule has 1 amide bonds. The molecular formula is C20H18N6O2. The van der Waals surface area contributed by atoms with Gasteiger partial charge < -0.3 is 9.73 Å². The van der Waals surface area contributed by atoms with Gasteiger partial charge in [0.05, 0.1) is 17.8 Å². The van der Waals surface area contributed by atoms with Crippen LogP contribution in [0.25, 0.3) is 17.1 Å². The minimum atomic E-state index is -0.161. The summed E-state index contributed by atoms with van der Waals surface area (Å²) >= 11 is 0. The Morgan fingerprint density at radius 2 is 1.96 bits per heavy atom. The fourth-order valence-electron chi connectivity index (χ4n) is 2.92. The molecule has 2 aromatic heterocycles. The summed E-state index contributed by atoms with van der Waals surface area (Å²) in [4.78, 5) is 16.9. The number of hydrogen-bond donors (Lipinski definition) is 1. The van der Waals surface area contributed by atoms with Crippen molar-refractivity contribution in [1.82, 2.24) is 25.2 Å². The maximum absolute atomic E-state index is 12.5. The van der Waals surface area contributed by atoms with Crippen molar-refractivity contribution in [3.05, 3.63) is 71.9 Å². The van der Waals surface area contributed by atoms with Crippen molar-refractivity contribution < 1.29 is 9.21 Å². The lowest BCUT2D eigenvalue weighted by molar-refractivity contribution is -0.115. The molecule has 0 aliphatic carbocycles. The number of nitrogens with one attached hydrogen (secondary N) is 1. The first-order chi connectivity index (χ1) is 13.6. The van der Waals surface area contributed by atoms with E-state index in [2.05, 4.69) is 25.8 Å². The van der Waals surface area contributed by atoms with Gasteiger partial charge in [0.1, 0.15) is 12.1 Å². The Morgan fingerprint density at radius 3 is 2.68 bits per heavy atom. The molecule has 0 unspecified atom stereocenters. The number of carbonyl (C=O) groups is 1. The maximum atomic E-state index is 12.5. The minimum absolute atomic E-state index is 0.135. The van der Waals surface area contributed by atoms with Gasteiger partial charge in [0.2, 0.25) is 11.8 Å². The van der Waals surface area contributed by atoms with E-state index < -0.39 is 0 Å². The molecule has 0 fully saturated rings. The van der Waals surface area contributed by atoms with Crippen molar-refractivity contribution >= 4 is 11.6 Å². The van der Waals surface area contributed by atoms with E-state index in [0.29, 0.717) is 23.0 Å². The summed E-state index contributed by atoms with van der Waals surface area (Å²) in [5, 5.41) is 14.1. The number of rotatable bonds is 5. The highest BCUT2D eigenvalue weighted by molar-refractivity contribution is 5.92. The summed E-state index contributed by atoms with van der Waals surface area (Å²) in [6.45, 7) is 3.74. The predicted molar refractivity (Wildman–Crippen MR) is 103 cm³/mol. The summed E-state index contributed by atoms with van der Waals surface area (Å²) in [7, 11) is 0. The molecule has 0 radical (unpaired) electrons. The number of aromatic nitrogens is 5. The Kier molecular flexibility index (Phi) is 4.67. The lowest BCUT2D eigenvalue weighted by atomic mass is 10.1. The summed E-state index contributed by atoms with van der Waals surface area (Å²) in [5.74, 6) is 0.993. The Morgan fingerprint density at radius 1 is 1.14 bits per heavy atom. The Balaban J connectivity index is 1.46. The van der Waals surface area contributed by atoms with Gasteiger partial charge in [-0.15, -0.1) is 5.10 Å². The standard InChI is InChI=1S/C20H18N6O2/c1-13-10-16(8-9-18(13)26-12-21-24-25-26)22-19(27)11-17-14(2)28-20(23-17)15-6-4-3-5-7-15/h3-10,12H,11H2,1-2H3,(H,22,27). The number of hydrogen-bond acceptors (Lipinski definition) is 6. The Labute approximate surface area is 161 Å². The average molecular weight is 374 g/mol. The van der Waals surface area contributed by atoms with Crippen LogP contribution in [-0.4, -0.2) is 31.1 Å². The zero-order valence-corrected chi connectivity index (χ0v) is 15.5. The molecule has 8 heteroatoms. The summed E-state index contributed by atoms with van der Waals surface area (Å²) in [6, 6.07) is 15.2. The Bertz CT molecular complexity index is 1100. The molecular weight excluding hydrogens is 356 g/mol. The van der Waals surface area contributed by atoms with Crippen molar-refractivity contribution in [1.29, 1.82) is 0 Å². The third-order valence-electron chi connectivity index (χ3n) is 4.32. The molecule has 8 nitrogen and oxygen atoms in total. The second-order valence-corrected chi connectivity index (χ2v) is 6.37. The molecule has 2 heterocycles. The average Bonchev–Trinajstić information content (AvgIpc) is 3.33. The highest BCUT2D eigenvalue weighted by Crippen LogP contribution is 2.22. The smallest absolute Gasteiger partial charge is 0.230 e. The lowest BCUT2D eigenvalue weighted by Crippen LogP contribution is -2.15. The van der Waals surface area contributed by atoms with Crippen molar-refractivity contribution in [2.75, 3.05) is 5.32 Å². The van der Waals surface area contributed by atoms with Crippen LogP contribution in [0.2, 0.25) is 0 Å². The first kappa shape index (κ1) is 17.6. The number of tetrazole rings is 1. The number of carbonyl (C=O) groups excluding carboxylic acids is 1. The fourth-order valence-corrected chi connectivity index (χ4v) is 2.92. The Hall–Kier alpha value is -3.81. The molecule has 0 aliphatic rings. The molecule has 1 N–H and O–H groups in total. The van der Waals surface area contributed by atoms with Crippen LogP contribution < -0.4 is 5.32 Å². The van der Waals surface area contributed by atoms with Crippen molar-refractivity contribution in [2.24, 2.45) is 0 Å². The van der Waals surface area contributed by atoms with Gasteiger partial charge in [-0.05, 0) is 60.2 Å². The van der Waals surface area contributed by atoms with Crippen LogP contribution in [0.3, 0.4) is 0 Å². The van der Waals surface area contributed by atoms with E-state index in [1.54, 1.807) is 4.68 Å². The van der Waals surface area contributed by atoms with E-state index >= 15 is 0 Å². The molecule has 0 atom stereocenters. The molecule has 140 valence electrons. The topological polar surface area (TPSA) is 98.7 Å². The van der Waals surface area contributed by atoms with Crippen molar-refractivity contribution in [3.63, 3.8) is 0 Å². The number of oxazole rings is 1. The van der Waals surface area contributed by atoms with Crippen molar-refractivity contribution in [2.45, 2.75) is 20.3 Å². The molecule has 4 rings (SSSR count). The number of aryl methyl sites for hydroxylation is 2. The van der Waals surface area contributed by atoms with Crippen LogP contribution in [0.5, 0.6) is 0 Å². The van der Waals surface area contributed by atoms with Gasteiger partial charge in [-0.1, -0.05) is 18.2 Å². The first-order valence-corrected chi connectivity index (χ1v) is 8.76. The van der Waals surface area contributed by atoms with Crippen LogP contribution in [0.15, 0.2) is 59.3 Å². The van der Waals surface area contributed by atoms with Crippen LogP contribution >= 0.6 is 0 Å². The monoisotopic (exact) mass is 374 g/mol. The van der Waals surface area contributed by atoms with Crippen LogP contribution in [0, 0.1) is 13.8 Å². The molecule has 0 bridgehead atoms. The molecule has 0 saturated heterocycles. The van der Waals surface area contributed by atoms with Crippen LogP contribution in [-0.2, 0) is 11.2 Å². The summed E-state index contributed by atoms with van der Waals surface area (Å²) in [6.07, 6.45) is 1.66. The zero-order valence-electron chi connectivity index (χ0n) is 15.5. The number of benzene rings is 2. The second-order valence-electron chi connectivity index (χ2n) is 6.37. The van der Waals surface area contributed by atoms with E-state index in [0.717, 1.165) is 16.8 Å². The van der Waals surface area contributed by atoms with E-state index in [1.807, 2.05) is 62.4 Å². The van der Waals surface area contributed by atoms with Crippen LogP contribution in [0.1, 0.15) is 17.0 Å². The third kappa shape index (κ3) is 3.66. The van der Waals surface area contributed by atoms with Gasteiger partial charge in [-0.2, -0.15) is 0 Å². The lowest BCUT2D eigenvalue weighted by Gasteiger charge is -2.09. The van der Waals surface area contributed by atoms with E-state index in [1.165, 1.54) is 6.33 Å². The van der Waals surface area contributed by atoms with Gasteiger partial charge >= 0.3 is 0 Å². The van der Waals surface area contributed by atoms with Gasteiger partial charge in [0, 0.05) is 11.3 Å². The highest BCUT2D eigenvalue weighted by Gasteiger charge is 2.15. The quantitative estimate of drug-likeness (QED) is 0.576. The fraction of sp³-hybridized carbons (Fsp3) is 0.150. The van der Waals surface area contributed by atoms with Gasteiger partial charge in [-0.25, -0.2) is 9.67 Å². The van der Waals surface area contributed by atoms with Gasteiger partial charge in [0.15, 0.2) is 0 Å². The number of nitrogens with zero attached hydrogens (tertiary/aromatic N) is 5. The summed E-state index contributed by atoms with van der Waals surface area (Å²) in [5.41, 5.74) is 3.99. The minimum Gasteiger partial charge on any atom is -0.441 e. The van der Waals surface area contributed by atoms with Crippen LogP contribution in [0.4, 0.5) is 5.69 Å². The molecule has 0 aliphatic heterocycles. The normalized spacial score (nSPS) is 10.8. The predicted octanol–water partition coefficient (Wildman–Crippen LogP) is 3.12. The van der Waals surface area contributed by atoms with Gasteiger partial charge in [-0.3, -0.25) is 4.79 Å². The van der Waals surface area contributed by atoms with E-state index in [4.69, 9.17) is 4.42 Å². The third-order valence-corrected chi connectivity index (χ3v) is 4.32. The maximum Gasteiger partial charge on any atom is 0.230 e. The summed E-state index contributed by atoms with van der Waals surface area (Å²) < 4.78 is 7.29. The molecule has 0 saturated carbocycles. The largest absolute Gasteiger partial charge is 0.441 e. The highest BCUT2D eigenvalue weighted by atomic mass is 16.4. The number of amides is 1. The first-order valence-electron chi connectivity index (χ1n) is 8.76. The molecule has 4 aromatic rings. The zero-order chi connectivity index (χ0) is 19.5. The molecule has 0 spiro atoms. The van der Waals surface area contributed by atoms with E-state index in [9.17, 15) is 4.79 Å². The second kappa shape index (κ2) is 7.43. The van der Waals surface area contributed by atoms with Crippen molar-refractivity contribution in [3.8, 4) is 17.1 Å². The van der Waals surface area contributed by atoms with Gasteiger partial charge in [0.25, 0.3) is 0 Å². The molecule has 2 aromatic carbocycles. The molecule has 28 heavy (non-hydrogen) atoms.